The number of halogens is 3. The van der Waals surface area contributed by atoms with Crippen molar-refractivity contribution in [1.29, 1.82) is 0 Å². The number of carboxylic acid groups (broad SMARTS) is 1. The Labute approximate surface area is 112 Å². The van der Waals surface area contributed by atoms with Gasteiger partial charge in [0.05, 0.1) is 4.90 Å². The topological polar surface area (TPSA) is 83.5 Å². The average molecular weight is 309 g/mol. The minimum atomic E-state index is -4.66. The summed E-state index contributed by atoms with van der Waals surface area (Å²) in [6.45, 7) is -1.68. The first-order valence-electron chi connectivity index (χ1n) is 5.18. The molecule has 0 aliphatic carbocycles. The summed E-state index contributed by atoms with van der Waals surface area (Å²) in [4.78, 5) is 9.94. The second-order valence-corrected chi connectivity index (χ2v) is 5.45. The normalized spacial score (nSPS) is 12.8. The van der Waals surface area contributed by atoms with E-state index in [1.165, 1.54) is 16.9 Å². The summed E-state index contributed by atoms with van der Waals surface area (Å²) >= 11 is 0. The van der Waals surface area contributed by atoms with E-state index in [0.717, 1.165) is 24.3 Å². The van der Waals surface area contributed by atoms with Crippen molar-refractivity contribution in [3.05, 3.63) is 35.9 Å². The standard InChI is InChI=1S/C11H10F3NO4S/c12-11(13,14)7-15-20(18,19)9-3-1-2-8(6-9)4-5-10(16)17/h1-6,15H,7H2,(H,16,17). The van der Waals surface area contributed by atoms with Crippen LogP contribution >= 0.6 is 0 Å². The Morgan fingerprint density at radius 3 is 2.55 bits per heavy atom. The molecule has 0 aliphatic heterocycles. The number of nitrogens with one attached hydrogen (secondary N) is 1. The molecule has 0 fully saturated rings. The Hall–Kier alpha value is -1.87. The second-order valence-electron chi connectivity index (χ2n) is 3.68. The van der Waals surface area contributed by atoms with Gasteiger partial charge in [0, 0.05) is 6.08 Å². The van der Waals surface area contributed by atoms with Crippen LogP contribution < -0.4 is 4.72 Å². The summed E-state index contributed by atoms with van der Waals surface area (Å²) in [6.07, 6.45) is -2.74. The van der Waals surface area contributed by atoms with Crippen LogP contribution in [-0.4, -0.2) is 32.2 Å². The molecule has 0 radical (unpaired) electrons. The van der Waals surface area contributed by atoms with E-state index in [1.807, 2.05) is 0 Å². The lowest BCUT2D eigenvalue weighted by Crippen LogP contribution is -2.33. The Morgan fingerprint density at radius 2 is 2.00 bits per heavy atom. The predicted octanol–water partition coefficient (Wildman–Crippen LogP) is 1.62. The highest BCUT2D eigenvalue weighted by Crippen LogP contribution is 2.16. The molecule has 0 bridgehead atoms. The van der Waals surface area contributed by atoms with Gasteiger partial charge in [0.25, 0.3) is 0 Å². The van der Waals surface area contributed by atoms with Crippen LogP contribution in [0.3, 0.4) is 0 Å². The quantitative estimate of drug-likeness (QED) is 0.810. The minimum absolute atomic E-state index is 0.238. The van der Waals surface area contributed by atoms with Crippen molar-refractivity contribution < 1.29 is 31.5 Å². The maximum Gasteiger partial charge on any atom is 0.402 e. The zero-order chi connectivity index (χ0) is 15.4. The molecule has 1 rings (SSSR count). The van der Waals surface area contributed by atoms with Crippen molar-refractivity contribution in [2.75, 3.05) is 6.54 Å². The predicted molar refractivity (Wildman–Crippen MR) is 64.4 cm³/mol. The zero-order valence-electron chi connectivity index (χ0n) is 9.89. The summed E-state index contributed by atoms with van der Waals surface area (Å²) in [5.74, 6) is -1.23. The molecule has 20 heavy (non-hydrogen) atoms. The van der Waals surface area contributed by atoms with Gasteiger partial charge in [-0.1, -0.05) is 12.1 Å². The number of hydrogen-bond donors (Lipinski definition) is 2. The average Bonchev–Trinajstić information content (AvgIpc) is 2.34. The highest BCUT2D eigenvalue weighted by molar-refractivity contribution is 7.89. The van der Waals surface area contributed by atoms with Crippen molar-refractivity contribution in [2.45, 2.75) is 11.1 Å². The molecule has 0 aromatic heterocycles. The van der Waals surface area contributed by atoms with Crippen molar-refractivity contribution in [1.82, 2.24) is 4.72 Å². The lowest BCUT2D eigenvalue weighted by molar-refractivity contribution is -0.131. The Morgan fingerprint density at radius 1 is 1.35 bits per heavy atom. The van der Waals surface area contributed by atoms with Crippen LogP contribution in [0.4, 0.5) is 13.2 Å². The third-order valence-electron chi connectivity index (χ3n) is 2.05. The van der Waals surface area contributed by atoms with Crippen LogP contribution in [0.25, 0.3) is 6.08 Å². The van der Waals surface area contributed by atoms with Crippen LogP contribution in [0.5, 0.6) is 0 Å². The Balaban J connectivity index is 2.96. The third-order valence-corrected chi connectivity index (χ3v) is 3.45. The third kappa shape index (κ3) is 5.41. The SMILES string of the molecule is O=C(O)C=Cc1cccc(S(=O)(=O)NCC(F)(F)F)c1. The minimum Gasteiger partial charge on any atom is -0.478 e. The van der Waals surface area contributed by atoms with Gasteiger partial charge in [0.15, 0.2) is 0 Å². The number of carboxylic acids is 1. The smallest absolute Gasteiger partial charge is 0.402 e. The number of hydrogen-bond acceptors (Lipinski definition) is 3. The number of sulfonamides is 1. The van der Waals surface area contributed by atoms with Crippen molar-refractivity contribution in [3.8, 4) is 0 Å². The highest BCUT2D eigenvalue weighted by atomic mass is 32.2. The molecular formula is C11H10F3NO4S. The Bertz CT molecular complexity index is 623. The van der Waals surface area contributed by atoms with Crippen LogP contribution in [0, 0.1) is 0 Å². The number of rotatable bonds is 5. The van der Waals surface area contributed by atoms with Crippen molar-refractivity contribution in [3.63, 3.8) is 0 Å². The van der Waals surface area contributed by atoms with E-state index in [4.69, 9.17) is 5.11 Å². The van der Waals surface area contributed by atoms with Gasteiger partial charge in [-0.3, -0.25) is 0 Å². The fourth-order valence-corrected chi connectivity index (χ4v) is 2.28. The number of aliphatic carboxylic acids is 1. The van der Waals surface area contributed by atoms with Crippen LogP contribution in [-0.2, 0) is 14.8 Å². The van der Waals surface area contributed by atoms with Gasteiger partial charge in [-0.15, -0.1) is 0 Å². The summed E-state index contributed by atoms with van der Waals surface area (Å²) in [5, 5.41) is 8.44. The summed E-state index contributed by atoms with van der Waals surface area (Å²) < 4.78 is 60.6. The molecule has 0 spiro atoms. The first-order chi connectivity index (χ1) is 9.10. The highest BCUT2D eigenvalue weighted by Gasteiger charge is 2.30. The molecule has 0 heterocycles. The maximum absolute atomic E-state index is 12.0. The van der Waals surface area contributed by atoms with E-state index in [0.29, 0.717) is 0 Å². The fourth-order valence-electron chi connectivity index (χ4n) is 1.21. The summed E-state index contributed by atoms with van der Waals surface area (Å²) in [7, 11) is -4.31. The van der Waals surface area contributed by atoms with E-state index in [2.05, 4.69) is 0 Å². The molecule has 110 valence electrons. The number of carbonyl (C=O) groups is 1. The summed E-state index contributed by atoms with van der Waals surface area (Å²) in [5.41, 5.74) is 0.238. The molecule has 5 nitrogen and oxygen atoms in total. The van der Waals surface area contributed by atoms with Gasteiger partial charge < -0.3 is 5.11 Å². The molecule has 0 saturated heterocycles. The fraction of sp³-hybridized carbons (Fsp3) is 0.182. The van der Waals surface area contributed by atoms with Gasteiger partial charge in [0.2, 0.25) is 10.0 Å². The van der Waals surface area contributed by atoms with Gasteiger partial charge in [-0.05, 0) is 23.8 Å². The van der Waals surface area contributed by atoms with Gasteiger partial charge in [-0.2, -0.15) is 13.2 Å². The molecule has 0 aliphatic rings. The van der Waals surface area contributed by atoms with E-state index < -0.39 is 28.7 Å². The van der Waals surface area contributed by atoms with Crippen LogP contribution in [0.15, 0.2) is 35.2 Å². The number of benzene rings is 1. The van der Waals surface area contributed by atoms with Gasteiger partial charge in [-0.25, -0.2) is 17.9 Å². The molecule has 0 unspecified atom stereocenters. The van der Waals surface area contributed by atoms with E-state index in [-0.39, 0.29) is 10.5 Å². The van der Waals surface area contributed by atoms with Crippen LogP contribution in [0.2, 0.25) is 0 Å². The first-order valence-corrected chi connectivity index (χ1v) is 6.66. The molecule has 1 aromatic carbocycles. The summed E-state index contributed by atoms with van der Waals surface area (Å²) in [6, 6.07) is 4.89. The zero-order valence-corrected chi connectivity index (χ0v) is 10.7. The molecule has 2 N–H and O–H groups in total. The molecule has 9 heteroatoms. The van der Waals surface area contributed by atoms with E-state index in [9.17, 15) is 26.4 Å². The lowest BCUT2D eigenvalue weighted by Gasteiger charge is -2.09. The molecule has 1 aromatic rings. The molecule has 0 atom stereocenters. The monoisotopic (exact) mass is 309 g/mol. The first kappa shape index (κ1) is 16.2. The van der Waals surface area contributed by atoms with E-state index in [1.54, 1.807) is 0 Å². The second kappa shape index (κ2) is 6.06. The van der Waals surface area contributed by atoms with E-state index >= 15 is 0 Å². The van der Waals surface area contributed by atoms with Gasteiger partial charge >= 0.3 is 12.1 Å². The van der Waals surface area contributed by atoms with Crippen LogP contribution in [0.1, 0.15) is 5.56 Å². The molecule has 0 amide bonds. The largest absolute Gasteiger partial charge is 0.478 e. The number of alkyl halides is 3. The maximum atomic E-state index is 12.0. The van der Waals surface area contributed by atoms with Gasteiger partial charge in [0.1, 0.15) is 6.54 Å². The molecule has 0 saturated carbocycles. The lowest BCUT2D eigenvalue weighted by atomic mass is 10.2. The Kier molecular flexibility index (Phi) is 4.90. The van der Waals surface area contributed by atoms with Crippen molar-refractivity contribution in [2.24, 2.45) is 0 Å². The van der Waals surface area contributed by atoms with Crippen molar-refractivity contribution >= 4 is 22.1 Å². The molecular weight excluding hydrogens is 299 g/mol.